The van der Waals surface area contributed by atoms with Gasteiger partial charge < -0.3 is 0 Å². The van der Waals surface area contributed by atoms with Gasteiger partial charge in [-0.15, -0.1) is 0 Å². The number of fused-ring (bicyclic) bond motifs is 4. The van der Waals surface area contributed by atoms with Crippen molar-refractivity contribution in [3.8, 4) is 0 Å². The lowest BCUT2D eigenvalue weighted by Gasteiger charge is -2.32. The smallest absolute Gasteiger partial charge is 0.0320 e. The lowest BCUT2D eigenvalue weighted by Crippen LogP contribution is -2.20. The van der Waals surface area contributed by atoms with E-state index < -0.39 is 0 Å². The molecule has 120 valence electrons. The molecule has 3 aliphatic carbocycles. The number of benzene rings is 3. The lowest BCUT2D eigenvalue weighted by molar-refractivity contribution is 0.630. The second-order valence-corrected chi connectivity index (χ2v) is 8.15. The summed E-state index contributed by atoms with van der Waals surface area (Å²) in [6.07, 6.45) is 5.98. The topological polar surface area (TPSA) is 0 Å². The Kier molecular flexibility index (Phi) is 2.36. The van der Waals surface area contributed by atoms with Gasteiger partial charge in [0.1, 0.15) is 0 Å². The zero-order valence-electron chi connectivity index (χ0n) is 14.6. The molecule has 0 bridgehead atoms. The van der Waals surface area contributed by atoms with Crippen LogP contribution in [0.1, 0.15) is 47.6 Å². The van der Waals surface area contributed by atoms with Gasteiger partial charge in [0.05, 0.1) is 0 Å². The van der Waals surface area contributed by atoms with Crippen molar-refractivity contribution in [1.82, 2.24) is 0 Å². The molecule has 0 N–H and O–H groups in total. The van der Waals surface area contributed by atoms with Crippen molar-refractivity contribution in [3.63, 3.8) is 0 Å². The van der Waals surface area contributed by atoms with E-state index in [1.807, 2.05) is 0 Å². The van der Waals surface area contributed by atoms with E-state index in [9.17, 15) is 0 Å². The van der Waals surface area contributed by atoms with Crippen molar-refractivity contribution < 1.29 is 0 Å². The minimum Gasteiger partial charge on any atom is -0.0722 e. The molecule has 6 rings (SSSR count). The molecule has 0 fully saturated rings. The Hall–Kier alpha value is -2.60. The maximum atomic E-state index is 2.50. The van der Waals surface area contributed by atoms with E-state index in [1.54, 1.807) is 5.57 Å². The molecule has 0 aromatic heterocycles. The Morgan fingerprint density at radius 2 is 1.76 bits per heavy atom. The largest absolute Gasteiger partial charge is 0.0722 e. The van der Waals surface area contributed by atoms with Crippen LogP contribution >= 0.6 is 0 Å². The van der Waals surface area contributed by atoms with E-state index in [2.05, 4.69) is 80.6 Å². The maximum absolute atomic E-state index is 2.50. The summed E-state index contributed by atoms with van der Waals surface area (Å²) in [5.74, 6) is 0.411. The van der Waals surface area contributed by atoms with Crippen LogP contribution in [0.2, 0.25) is 0 Å². The lowest BCUT2D eigenvalue weighted by atomic mass is 9.71. The number of rotatable bonds is 0. The summed E-state index contributed by atoms with van der Waals surface area (Å²) in [6, 6.07) is 20.5. The van der Waals surface area contributed by atoms with E-state index in [1.165, 1.54) is 44.2 Å². The van der Waals surface area contributed by atoms with E-state index in [-0.39, 0.29) is 5.41 Å². The summed E-state index contributed by atoms with van der Waals surface area (Å²) in [4.78, 5) is 0. The summed E-state index contributed by atoms with van der Waals surface area (Å²) < 4.78 is 0. The van der Waals surface area contributed by atoms with E-state index in [0.29, 0.717) is 5.92 Å². The van der Waals surface area contributed by atoms with Crippen molar-refractivity contribution in [2.45, 2.75) is 31.6 Å². The van der Waals surface area contributed by atoms with Gasteiger partial charge in [0, 0.05) is 11.3 Å². The van der Waals surface area contributed by atoms with Gasteiger partial charge in [0.2, 0.25) is 0 Å². The van der Waals surface area contributed by atoms with Crippen LogP contribution < -0.4 is 0 Å². The molecule has 0 saturated heterocycles. The van der Waals surface area contributed by atoms with Crippen LogP contribution in [0.5, 0.6) is 0 Å². The van der Waals surface area contributed by atoms with Gasteiger partial charge in [-0.25, -0.2) is 0 Å². The highest BCUT2D eigenvalue weighted by Crippen LogP contribution is 2.58. The van der Waals surface area contributed by atoms with Crippen molar-refractivity contribution in [2.75, 3.05) is 0 Å². The predicted molar refractivity (Wildman–Crippen MR) is 105 cm³/mol. The van der Waals surface area contributed by atoms with Gasteiger partial charge in [-0.2, -0.15) is 0 Å². The van der Waals surface area contributed by atoms with Crippen LogP contribution in [0.25, 0.3) is 16.3 Å². The molecule has 0 spiro atoms. The molecule has 0 nitrogen and oxygen atoms in total. The predicted octanol–water partition coefficient (Wildman–Crippen LogP) is 6.14. The van der Waals surface area contributed by atoms with Gasteiger partial charge in [-0.1, -0.05) is 80.6 Å². The monoisotopic (exact) mass is 320 g/mol. The Labute approximate surface area is 148 Å². The molecular weight excluding hydrogens is 300 g/mol. The van der Waals surface area contributed by atoms with Gasteiger partial charge in [-0.05, 0) is 56.2 Å². The molecule has 0 saturated carbocycles. The van der Waals surface area contributed by atoms with Gasteiger partial charge in [0.25, 0.3) is 0 Å². The van der Waals surface area contributed by atoms with Crippen LogP contribution in [0.15, 0.2) is 72.3 Å². The normalized spacial score (nSPS) is 21.4. The number of hydrogen-bond donors (Lipinski definition) is 0. The van der Waals surface area contributed by atoms with Crippen LogP contribution in [-0.4, -0.2) is 0 Å². The van der Waals surface area contributed by atoms with Crippen LogP contribution in [0.3, 0.4) is 0 Å². The fraction of sp³-hybridized carbons (Fsp3) is 0.200. The third kappa shape index (κ3) is 1.54. The first kappa shape index (κ1) is 13.7. The van der Waals surface area contributed by atoms with Crippen molar-refractivity contribution in [2.24, 2.45) is 0 Å². The van der Waals surface area contributed by atoms with Crippen molar-refractivity contribution >= 4 is 16.3 Å². The first-order chi connectivity index (χ1) is 12.2. The fourth-order valence-corrected chi connectivity index (χ4v) is 5.41. The SMILES string of the molecule is CC1(C)C2=CC3=CCc4cccc5ccc(c3c45)C2c2ccccc21. The summed E-state index contributed by atoms with van der Waals surface area (Å²) in [5.41, 5.74) is 10.5. The molecule has 3 aromatic carbocycles. The van der Waals surface area contributed by atoms with Crippen molar-refractivity contribution in [3.05, 3.63) is 100 Å². The van der Waals surface area contributed by atoms with E-state index >= 15 is 0 Å². The number of allylic oxidation sites excluding steroid dienone is 4. The second-order valence-electron chi connectivity index (χ2n) is 8.15. The minimum atomic E-state index is 0.103. The molecule has 0 heteroatoms. The Bertz CT molecular complexity index is 1140. The van der Waals surface area contributed by atoms with E-state index in [0.717, 1.165) is 6.42 Å². The Balaban J connectivity index is 1.76. The quantitative estimate of drug-likeness (QED) is 0.466. The van der Waals surface area contributed by atoms with E-state index in [4.69, 9.17) is 0 Å². The summed E-state index contributed by atoms with van der Waals surface area (Å²) >= 11 is 0. The average molecular weight is 320 g/mol. The highest BCUT2D eigenvalue weighted by molar-refractivity contribution is 6.03. The Morgan fingerprint density at radius 3 is 2.68 bits per heavy atom. The number of hydrogen-bond acceptors (Lipinski definition) is 0. The molecule has 3 aromatic rings. The standard InChI is InChI=1S/C25H20/c1-25(2)20-9-4-3-8-18(20)24-19-13-12-16-7-5-6-15-10-11-17(14-21(24)25)23(19)22(15)16/h3-9,11-14,24H,10H2,1-2H3. The van der Waals surface area contributed by atoms with Gasteiger partial charge in [-0.3, -0.25) is 0 Å². The third-order valence-corrected chi connectivity index (χ3v) is 6.59. The molecule has 0 aliphatic heterocycles. The van der Waals surface area contributed by atoms with Crippen LogP contribution in [0, 0.1) is 0 Å². The Morgan fingerprint density at radius 1 is 0.880 bits per heavy atom. The molecule has 25 heavy (non-hydrogen) atoms. The van der Waals surface area contributed by atoms with Crippen LogP contribution in [0.4, 0.5) is 0 Å². The maximum Gasteiger partial charge on any atom is 0.0320 e. The minimum absolute atomic E-state index is 0.103. The first-order valence-corrected chi connectivity index (χ1v) is 9.23. The van der Waals surface area contributed by atoms with Gasteiger partial charge >= 0.3 is 0 Å². The van der Waals surface area contributed by atoms with Gasteiger partial charge in [0.15, 0.2) is 0 Å². The molecule has 0 amide bonds. The zero-order valence-corrected chi connectivity index (χ0v) is 14.6. The summed E-state index contributed by atoms with van der Waals surface area (Å²) in [5, 5.41) is 2.86. The zero-order chi connectivity index (χ0) is 16.8. The van der Waals surface area contributed by atoms with Crippen molar-refractivity contribution in [1.29, 1.82) is 0 Å². The molecular formula is C25H20. The molecule has 1 atom stereocenters. The molecule has 3 aliphatic rings. The molecule has 0 heterocycles. The highest BCUT2D eigenvalue weighted by atomic mass is 14.5. The third-order valence-electron chi connectivity index (χ3n) is 6.59. The molecule has 0 radical (unpaired) electrons. The summed E-state index contributed by atoms with van der Waals surface area (Å²) in [6.45, 7) is 4.77. The first-order valence-electron chi connectivity index (χ1n) is 9.23. The fourth-order valence-electron chi connectivity index (χ4n) is 5.41. The second kappa shape index (κ2) is 4.32. The average Bonchev–Trinajstić information content (AvgIpc) is 2.87. The molecule has 1 unspecified atom stereocenters. The summed E-state index contributed by atoms with van der Waals surface area (Å²) in [7, 11) is 0. The highest BCUT2D eigenvalue weighted by Gasteiger charge is 2.45. The van der Waals surface area contributed by atoms with Crippen LogP contribution in [-0.2, 0) is 11.8 Å².